The van der Waals surface area contributed by atoms with Crippen molar-refractivity contribution in [3.05, 3.63) is 28.8 Å². The molecule has 76 valence electrons. The van der Waals surface area contributed by atoms with Gasteiger partial charge >= 0.3 is 0 Å². The molecule has 0 aliphatic carbocycles. The number of halogens is 1. The first kappa shape index (κ1) is 9.81. The van der Waals surface area contributed by atoms with Crippen LogP contribution < -0.4 is 10.6 Å². The van der Waals surface area contributed by atoms with E-state index in [1.54, 1.807) is 0 Å². The molecule has 1 aromatic carbocycles. The second kappa shape index (κ2) is 3.79. The van der Waals surface area contributed by atoms with E-state index >= 15 is 0 Å². The lowest BCUT2D eigenvalue weighted by atomic mass is 10.2. The fourth-order valence-corrected chi connectivity index (χ4v) is 2.17. The molecule has 0 amide bonds. The first-order valence-electron chi connectivity index (χ1n) is 4.97. The van der Waals surface area contributed by atoms with Gasteiger partial charge in [0.1, 0.15) is 0 Å². The summed E-state index contributed by atoms with van der Waals surface area (Å²) in [5.41, 5.74) is 8.33. The highest BCUT2D eigenvalue weighted by Crippen LogP contribution is 2.30. The van der Waals surface area contributed by atoms with Crippen molar-refractivity contribution in [2.75, 3.05) is 11.4 Å². The molecule has 3 heteroatoms. The molecule has 1 aliphatic rings. The van der Waals surface area contributed by atoms with Crippen molar-refractivity contribution in [3.63, 3.8) is 0 Å². The number of rotatable bonds is 1. The topological polar surface area (TPSA) is 29.3 Å². The Bertz CT molecular complexity index is 338. The van der Waals surface area contributed by atoms with Gasteiger partial charge in [-0.05, 0) is 37.5 Å². The molecule has 14 heavy (non-hydrogen) atoms. The van der Waals surface area contributed by atoms with E-state index in [1.807, 2.05) is 19.1 Å². The predicted molar refractivity (Wildman–Crippen MR) is 60.7 cm³/mol. The number of nitrogens with two attached hydrogens (primary N) is 1. The van der Waals surface area contributed by atoms with Gasteiger partial charge < -0.3 is 10.6 Å². The molecular formula is C11H15ClN2. The lowest BCUT2D eigenvalue weighted by molar-refractivity contribution is 0.700. The number of hydrogen-bond donors (Lipinski definition) is 1. The van der Waals surface area contributed by atoms with Crippen LogP contribution in [0.3, 0.4) is 0 Å². The highest BCUT2D eigenvalue weighted by Gasteiger charge is 2.22. The van der Waals surface area contributed by atoms with E-state index in [4.69, 9.17) is 17.3 Å². The van der Waals surface area contributed by atoms with Gasteiger partial charge in [0, 0.05) is 17.3 Å². The predicted octanol–water partition coefficient (Wildman–Crippen LogP) is 2.53. The van der Waals surface area contributed by atoms with Gasteiger partial charge in [0.25, 0.3) is 0 Å². The fraction of sp³-hybridized carbons (Fsp3) is 0.455. The van der Waals surface area contributed by atoms with E-state index in [-0.39, 0.29) is 6.17 Å². The van der Waals surface area contributed by atoms with Crippen molar-refractivity contribution in [2.24, 2.45) is 5.73 Å². The summed E-state index contributed by atoms with van der Waals surface area (Å²) in [6, 6.07) is 5.99. The van der Waals surface area contributed by atoms with Gasteiger partial charge in [0.15, 0.2) is 0 Å². The van der Waals surface area contributed by atoms with Crippen LogP contribution in [0.4, 0.5) is 5.69 Å². The monoisotopic (exact) mass is 210 g/mol. The molecule has 1 heterocycles. The summed E-state index contributed by atoms with van der Waals surface area (Å²) in [6.45, 7) is 3.09. The standard InChI is InChI=1S/C11H15ClN2/c1-8-9(12)4-2-5-10(8)14-7-3-6-11(14)13/h2,4-5,11H,3,6-7,13H2,1H3. The third-order valence-electron chi connectivity index (χ3n) is 2.85. The summed E-state index contributed by atoms with van der Waals surface area (Å²) < 4.78 is 0. The molecule has 0 saturated carbocycles. The highest BCUT2D eigenvalue weighted by atomic mass is 35.5. The minimum Gasteiger partial charge on any atom is -0.356 e. The van der Waals surface area contributed by atoms with E-state index in [1.165, 1.54) is 12.1 Å². The third kappa shape index (κ3) is 1.60. The number of benzene rings is 1. The van der Waals surface area contributed by atoms with Gasteiger partial charge in [-0.25, -0.2) is 0 Å². The van der Waals surface area contributed by atoms with Gasteiger partial charge in [-0.15, -0.1) is 0 Å². The van der Waals surface area contributed by atoms with Crippen LogP contribution in [0, 0.1) is 6.92 Å². The van der Waals surface area contributed by atoms with Crippen molar-refractivity contribution >= 4 is 17.3 Å². The molecule has 1 aliphatic heterocycles. The summed E-state index contributed by atoms with van der Waals surface area (Å²) in [6.07, 6.45) is 2.41. The molecular weight excluding hydrogens is 196 g/mol. The van der Waals surface area contributed by atoms with Gasteiger partial charge in [0.05, 0.1) is 6.17 Å². The normalized spacial score (nSPS) is 21.6. The van der Waals surface area contributed by atoms with Gasteiger partial charge in [-0.1, -0.05) is 17.7 Å². The maximum atomic E-state index is 6.07. The second-order valence-corrected chi connectivity index (χ2v) is 4.19. The first-order chi connectivity index (χ1) is 6.70. The Kier molecular flexibility index (Phi) is 2.66. The van der Waals surface area contributed by atoms with Crippen molar-refractivity contribution < 1.29 is 0 Å². The van der Waals surface area contributed by atoms with E-state index in [0.29, 0.717) is 0 Å². The van der Waals surface area contributed by atoms with E-state index in [0.717, 1.165) is 23.6 Å². The molecule has 1 saturated heterocycles. The Balaban J connectivity index is 2.36. The highest BCUT2D eigenvalue weighted by molar-refractivity contribution is 6.31. The van der Waals surface area contributed by atoms with Crippen LogP contribution in [-0.4, -0.2) is 12.7 Å². The molecule has 2 rings (SSSR count). The largest absolute Gasteiger partial charge is 0.356 e. The zero-order chi connectivity index (χ0) is 10.1. The smallest absolute Gasteiger partial charge is 0.0771 e. The molecule has 1 atom stereocenters. The average Bonchev–Trinajstić information content (AvgIpc) is 2.57. The molecule has 0 spiro atoms. The molecule has 2 N–H and O–H groups in total. The molecule has 0 bridgehead atoms. The summed E-state index contributed by atoms with van der Waals surface area (Å²) in [5, 5.41) is 0.821. The van der Waals surface area contributed by atoms with Crippen molar-refractivity contribution in [1.82, 2.24) is 0 Å². The van der Waals surface area contributed by atoms with Gasteiger partial charge in [0.2, 0.25) is 0 Å². The Morgan fingerprint density at radius 1 is 1.50 bits per heavy atom. The minimum absolute atomic E-state index is 0.159. The molecule has 1 unspecified atom stereocenters. The van der Waals surface area contributed by atoms with Crippen LogP contribution in [0.1, 0.15) is 18.4 Å². The number of nitrogens with zero attached hydrogens (tertiary/aromatic N) is 1. The van der Waals surface area contributed by atoms with E-state index in [9.17, 15) is 0 Å². The van der Waals surface area contributed by atoms with E-state index in [2.05, 4.69) is 11.0 Å². The Hall–Kier alpha value is -0.730. The maximum absolute atomic E-state index is 6.07. The minimum atomic E-state index is 0.159. The van der Waals surface area contributed by atoms with Crippen LogP contribution in [0.5, 0.6) is 0 Å². The second-order valence-electron chi connectivity index (χ2n) is 3.79. The quantitative estimate of drug-likeness (QED) is 0.772. The van der Waals surface area contributed by atoms with Crippen LogP contribution in [0.15, 0.2) is 18.2 Å². The molecule has 2 nitrogen and oxygen atoms in total. The Morgan fingerprint density at radius 2 is 2.29 bits per heavy atom. The average molecular weight is 211 g/mol. The first-order valence-corrected chi connectivity index (χ1v) is 5.35. The molecule has 0 aromatic heterocycles. The summed E-state index contributed by atoms with van der Waals surface area (Å²) in [5.74, 6) is 0. The summed E-state index contributed by atoms with van der Waals surface area (Å²) in [7, 11) is 0. The SMILES string of the molecule is Cc1c(Cl)cccc1N1CCCC1N. The molecule has 1 aromatic rings. The lowest BCUT2D eigenvalue weighted by Crippen LogP contribution is -2.36. The van der Waals surface area contributed by atoms with Crippen LogP contribution in [0.2, 0.25) is 5.02 Å². The van der Waals surface area contributed by atoms with Crippen LogP contribution in [0.25, 0.3) is 0 Å². The van der Waals surface area contributed by atoms with Crippen LogP contribution >= 0.6 is 11.6 Å². The fourth-order valence-electron chi connectivity index (χ4n) is 2.00. The molecule has 0 radical (unpaired) electrons. The zero-order valence-electron chi connectivity index (χ0n) is 8.33. The number of hydrogen-bond acceptors (Lipinski definition) is 2. The van der Waals surface area contributed by atoms with E-state index < -0.39 is 0 Å². The zero-order valence-corrected chi connectivity index (χ0v) is 9.09. The van der Waals surface area contributed by atoms with Crippen LogP contribution in [-0.2, 0) is 0 Å². The van der Waals surface area contributed by atoms with Crippen molar-refractivity contribution in [2.45, 2.75) is 25.9 Å². The van der Waals surface area contributed by atoms with Crippen molar-refractivity contribution in [3.8, 4) is 0 Å². The summed E-state index contributed by atoms with van der Waals surface area (Å²) in [4.78, 5) is 2.24. The summed E-state index contributed by atoms with van der Waals surface area (Å²) >= 11 is 6.07. The maximum Gasteiger partial charge on any atom is 0.0771 e. The van der Waals surface area contributed by atoms with Gasteiger partial charge in [-0.3, -0.25) is 0 Å². The Morgan fingerprint density at radius 3 is 2.93 bits per heavy atom. The van der Waals surface area contributed by atoms with Crippen molar-refractivity contribution in [1.29, 1.82) is 0 Å². The lowest BCUT2D eigenvalue weighted by Gasteiger charge is -2.25. The molecule has 1 fully saturated rings. The third-order valence-corrected chi connectivity index (χ3v) is 3.26. The van der Waals surface area contributed by atoms with Gasteiger partial charge in [-0.2, -0.15) is 0 Å². The number of anilines is 1. The Labute approximate surface area is 89.7 Å².